The molecule has 2 N–H and O–H groups in total. The number of carbonyl (C=O) groups is 1. The number of hydrogen-bond acceptors (Lipinski definition) is 4. The second kappa shape index (κ2) is 7.48. The fourth-order valence-corrected chi connectivity index (χ4v) is 4.40. The van der Waals surface area contributed by atoms with Crippen LogP contribution in [0.4, 0.5) is 5.82 Å². The van der Waals surface area contributed by atoms with Crippen LogP contribution in [0.2, 0.25) is 0 Å². The van der Waals surface area contributed by atoms with E-state index < -0.39 is 0 Å². The van der Waals surface area contributed by atoms with Crippen LogP contribution in [-0.2, 0) is 11.4 Å². The normalized spacial score (nSPS) is 16.4. The number of benzene rings is 2. The Morgan fingerprint density at radius 1 is 1.15 bits per heavy atom. The zero-order valence-corrected chi connectivity index (χ0v) is 16.1. The Labute approximate surface area is 162 Å². The lowest BCUT2D eigenvalue weighted by molar-refractivity contribution is -0.113. The molecule has 1 aliphatic rings. The number of nitrogens with one attached hydrogen (secondary N) is 2. The maximum atomic E-state index is 12.0. The minimum Gasteiger partial charge on any atom is -0.489 e. The van der Waals surface area contributed by atoms with Crippen LogP contribution >= 0.6 is 11.8 Å². The number of rotatable bonds is 4. The number of H-pyrrole nitrogens is 1. The number of para-hydroxylation sites is 1. The van der Waals surface area contributed by atoms with Crippen molar-refractivity contribution >= 4 is 23.5 Å². The van der Waals surface area contributed by atoms with Gasteiger partial charge in [-0.3, -0.25) is 9.89 Å². The first kappa shape index (κ1) is 17.7. The molecule has 4 rings (SSSR count). The minimum atomic E-state index is -0.0340. The number of ether oxygens (including phenoxy) is 1. The molecule has 1 aliphatic heterocycles. The van der Waals surface area contributed by atoms with E-state index in [1.807, 2.05) is 25.1 Å². The van der Waals surface area contributed by atoms with Gasteiger partial charge >= 0.3 is 0 Å². The van der Waals surface area contributed by atoms with E-state index in [-0.39, 0.29) is 11.2 Å². The molecule has 6 heteroatoms. The summed E-state index contributed by atoms with van der Waals surface area (Å²) < 4.78 is 6.17. The van der Waals surface area contributed by atoms with Crippen LogP contribution in [-0.4, -0.2) is 21.9 Å². The molecule has 5 nitrogen and oxygen atoms in total. The van der Waals surface area contributed by atoms with Gasteiger partial charge in [-0.1, -0.05) is 48.0 Å². The maximum Gasteiger partial charge on any atom is 0.235 e. The van der Waals surface area contributed by atoms with Crippen LogP contribution in [0.1, 0.15) is 33.2 Å². The monoisotopic (exact) mass is 379 g/mol. The molecule has 0 spiro atoms. The number of thioether (sulfide) groups is 1. The van der Waals surface area contributed by atoms with Crippen molar-refractivity contribution in [2.24, 2.45) is 0 Å². The summed E-state index contributed by atoms with van der Waals surface area (Å²) in [6, 6.07) is 16.4. The predicted octanol–water partition coefficient (Wildman–Crippen LogP) is 4.38. The summed E-state index contributed by atoms with van der Waals surface area (Å²) in [6.07, 6.45) is 0. The first-order valence-electron chi connectivity index (χ1n) is 8.85. The van der Waals surface area contributed by atoms with E-state index in [1.54, 1.807) is 11.8 Å². The van der Waals surface area contributed by atoms with Gasteiger partial charge in [0, 0.05) is 16.8 Å². The van der Waals surface area contributed by atoms with Crippen LogP contribution < -0.4 is 10.1 Å². The Morgan fingerprint density at radius 3 is 2.74 bits per heavy atom. The maximum absolute atomic E-state index is 12.0. The van der Waals surface area contributed by atoms with Gasteiger partial charge in [-0.15, -0.1) is 11.8 Å². The number of aryl methyl sites for hydroxylation is 2. The largest absolute Gasteiger partial charge is 0.489 e. The van der Waals surface area contributed by atoms with E-state index in [0.29, 0.717) is 18.2 Å². The van der Waals surface area contributed by atoms with Crippen LogP contribution in [0.25, 0.3) is 0 Å². The fourth-order valence-electron chi connectivity index (χ4n) is 3.18. The van der Waals surface area contributed by atoms with Crippen LogP contribution in [0.5, 0.6) is 5.75 Å². The Balaban J connectivity index is 1.65. The number of anilines is 1. The zero-order valence-electron chi connectivity index (χ0n) is 15.3. The Kier molecular flexibility index (Phi) is 4.90. The highest BCUT2D eigenvalue weighted by Crippen LogP contribution is 2.45. The number of aromatic amines is 1. The molecule has 0 saturated heterocycles. The molecule has 2 heterocycles. The number of aromatic nitrogens is 2. The smallest absolute Gasteiger partial charge is 0.235 e. The van der Waals surface area contributed by atoms with Crippen molar-refractivity contribution in [2.45, 2.75) is 25.7 Å². The summed E-state index contributed by atoms with van der Waals surface area (Å²) in [4.78, 5) is 12.0. The average molecular weight is 379 g/mol. The molecule has 0 unspecified atom stereocenters. The molecule has 2 aromatic carbocycles. The van der Waals surface area contributed by atoms with Crippen LogP contribution in [0.3, 0.4) is 0 Å². The van der Waals surface area contributed by atoms with E-state index in [4.69, 9.17) is 4.74 Å². The van der Waals surface area contributed by atoms with Crippen molar-refractivity contribution < 1.29 is 9.53 Å². The Morgan fingerprint density at radius 2 is 1.93 bits per heavy atom. The van der Waals surface area contributed by atoms with Crippen molar-refractivity contribution in [3.8, 4) is 5.75 Å². The molecule has 0 fully saturated rings. The van der Waals surface area contributed by atoms with E-state index in [9.17, 15) is 4.79 Å². The quantitative estimate of drug-likeness (QED) is 0.706. The van der Waals surface area contributed by atoms with Gasteiger partial charge in [0.25, 0.3) is 0 Å². The standard InChI is InChI=1S/C21H21N3O2S/c1-13-7-9-15(10-8-13)11-26-17-6-4-3-5-16(17)20-19-14(2)23-24-21(19)22-18(25)12-27-20/h3-10,20H,11-12H2,1-2H3,(H2,22,23,24,25)/t20-/m0/s1. The van der Waals surface area contributed by atoms with Crippen LogP contribution in [0, 0.1) is 13.8 Å². The summed E-state index contributed by atoms with van der Waals surface area (Å²) in [5.41, 5.74) is 5.38. The molecule has 0 bridgehead atoms. The van der Waals surface area contributed by atoms with Gasteiger partial charge in [0.05, 0.1) is 11.0 Å². The highest BCUT2D eigenvalue weighted by molar-refractivity contribution is 8.00. The first-order chi connectivity index (χ1) is 13.1. The molecule has 0 aliphatic carbocycles. The molecule has 0 saturated carbocycles. The number of amides is 1. The molecule has 3 aromatic rings. The number of fused-ring (bicyclic) bond motifs is 1. The molecule has 1 aromatic heterocycles. The van der Waals surface area contributed by atoms with Gasteiger partial charge in [0.2, 0.25) is 5.91 Å². The zero-order chi connectivity index (χ0) is 18.8. The third kappa shape index (κ3) is 3.71. The van der Waals surface area contributed by atoms with E-state index in [0.717, 1.165) is 28.1 Å². The van der Waals surface area contributed by atoms with E-state index in [1.165, 1.54) is 5.56 Å². The average Bonchev–Trinajstić information content (AvgIpc) is 2.93. The van der Waals surface area contributed by atoms with E-state index in [2.05, 4.69) is 52.8 Å². The Hall–Kier alpha value is -2.73. The second-order valence-electron chi connectivity index (χ2n) is 6.66. The molecule has 0 radical (unpaired) electrons. The lowest BCUT2D eigenvalue weighted by Crippen LogP contribution is -2.12. The topological polar surface area (TPSA) is 67.0 Å². The van der Waals surface area contributed by atoms with Gasteiger partial charge in [0.1, 0.15) is 12.4 Å². The molecular weight excluding hydrogens is 358 g/mol. The fraction of sp³-hybridized carbons (Fsp3) is 0.238. The summed E-state index contributed by atoms with van der Waals surface area (Å²) in [5, 5.41) is 10.1. The lowest BCUT2D eigenvalue weighted by Gasteiger charge is -2.19. The third-order valence-electron chi connectivity index (χ3n) is 4.61. The minimum absolute atomic E-state index is 0.0214. The number of nitrogens with zero attached hydrogens (tertiary/aromatic N) is 1. The summed E-state index contributed by atoms with van der Waals surface area (Å²) in [5.74, 6) is 1.79. The number of hydrogen-bond donors (Lipinski definition) is 2. The van der Waals surface area contributed by atoms with Gasteiger partial charge in [-0.25, -0.2) is 0 Å². The molecule has 1 amide bonds. The molecular formula is C21H21N3O2S. The van der Waals surface area contributed by atoms with Gasteiger partial charge in [-0.05, 0) is 25.5 Å². The van der Waals surface area contributed by atoms with Crippen molar-refractivity contribution in [3.63, 3.8) is 0 Å². The Bertz CT molecular complexity index is 966. The van der Waals surface area contributed by atoms with Crippen molar-refractivity contribution in [3.05, 3.63) is 76.5 Å². The third-order valence-corrected chi connectivity index (χ3v) is 5.86. The summed E-state index contributed by atoms with van der Waals surface area (Å²) in [6.45, 7) is 4.55. The first-order valence-corrected chi connectivity index (χ1v) is 9.90. The molecule has 27 heavy (non-hydrogen) atoms. The highest BCUT2D eigenvalue weighted by Gasteiger charge is 2.29. The SMILES string of the molecule is Cc1ccc(COc2ccccc2[C@@H]2SCC(=O)Nc3n[nH]c(C)c32)cc1. The summed E-state index contributed by atoms with van der Waals surface area (Å²) >= 11 is 1.59. The van der Waals surface area contributed by atoms with Crippen molar-refractivity contribution in [2.75, 3.05) is 11.1 Å². The predicted molar refractivity (Wildman–Crippen MR) is 108 cm³/mol. The summed E-state index contributed by atoms with van der Waals surface area (Å²) in [7, 11) is 0. The second-order valence-corrected chi connectivity index (χ2v) is 7.76. The molecule has 138 valence electrons. The highest BCUT2D eigenvalue weighted by atomic mass is 32.2. The van der Waals surface area contributed by atoms with Gasteiger partial charge in [0.15, 0.2) is 5.82 Å². The van der Waals surface area contributed by atoms with Crippen molar-refractivity contribution in [1.82, 2.24) is 10.2 Å². The van der Waals surface area contributed by atoms with E-state index >= 15 is 0 Å². The van der Waals surface area contributed by atoms with Crippen molar-refractivity contribution in [1.29, 1.82) is 0 Å². The number of carbonyl (C=O) groups excluding carboxylic acids is 1. The van der Waals surface area contributed by atoms with Crippen LogP contribution in [0.15, 0.2) is 48.5 Å². The van der Waals surface area contributed by atoms with Gasteiger partial charge in [-0.2, -0.15) is 5.10 Å². The lowest BCUT2D eigenvalue weighted by atomic mass is 10.0. The van der Waals surface area contributed by atoms with Gasteiger partial charge < -0.3 is 10.1 Å². The molecule has 1 atom stereocenters.